The molecular weight excluding hydrogens is 374 g/mol. The van der Waals surface area contributed by atoms with Crippen LogP contribution in [-0.4, -0.2) is 27.6 Å². The van der Waals surface area contributed by atoms with Crippen molar-refractivity contribution in [3.63, 3.8) is 0 Å². The van der Waals surface area contributed by atoms with E-state index < -0.39 is 0 Å². The summed E-state index contributed by atoms with van der Waals surface area (Å²) in [5.74, 6) is 0.231. The maximum Gasteiger partial charge on any atom is 0.339 e. The first-order valence-corrected chi connectivity index (χ1v) is 10.2. The van der Waals surface area contributed by atoms with E-state index >= 15 is 0 Å². The number of pyridine rings is 2. The molecule has 1 saturated carbocycles. The second-order valence-corrected chi connectivity index (χ2v) is 7.90. The Balaban J connectivity index is 1.42. The highest BCUT2D eigenvalue weighted by molar-refractivity contribution is 5.91. The van der Waals surface area contributed by atoms with Gasteiger partial charge < -0.3 is 9.30 Å². The summed E-state index contributed by atoms with van der Waals surface area (Å²) >= 11 is 0. The number of hydrogen-bond acceptors (Lipinski definition) is 4. The summed E-state index contributed by atoms with van der Waals surface area (Å²) in [6, 6.07) is 14.6. The first-order valence-electron chi connectivity index (χ1n) is 10.2. The highest BCUT2D eigenvalue weighted by Crippen LogP contribution is 2.40. The summed E-state index contributed by atoms with van der Waals surface area (Å²) in [5.41, 5.74) is 5.95. The van der Waals surface area contributed by atoms with Crippen LogP contribution >= 0.6 is 0 Å². The summed E-state index contributed by atoms with van der Waals surface area (Å²) in [4.78, 5) is 21.2. The van der Waals surface area contributed by atoms with Crippen LogP contribution < -0.4 is 0 Å². The van der Waals surface area contributed by atoms with Gasteiger partial charge in [-0.05, 0) is 71.2 Å². The van der Waals surface area contributed by atoms with Crippen LogP contribution in [0.15, 0.2) is 67.3 Å². The smallest absolute Gasteiger partial charge is 0.339 e. The van der Waals surface area contributed by atoms with Crippen LogP contribution in [0.5, 0.6) is 0 Å². The van der Waals surface area contributed by atoms with Gasteiger partial charge in [-0.15, -0.1) is 0 Å². The van der Waals surface area contributed by atoms with Crippen molar-refractivity contribution >= 4 is 16.9 Å². The molecule has 3 aromatic heterocycles. The number of hydrogen-bond donors (Lipinski definition) is 0. The van der Waals surface area contributed by atoms with Crippen molar-refractivity contribution in [2.45, 2.75) is 31.7 Å². The van der Waals surface area contributed by atoms with E-state index in [1.165, 1.54) is 36.4 Å². The largest absolute Gasteiger partial charge is 0.465 e. The molecule has 0 amide bonds. The molecule has 0 atom stereocenters. The average molecular weight is 397 g/mol. The summed E-state index contributed by atoms with van der Waals surface area (Å²) in [6.07, 6.45) is 10.6. The first kappa shape index (κ1) is 18.6. The van der Waals surface area contributed by atoms with Gasteiger partial charge in [0.2, 0.25) is 0 Å². The molecule has 0 bridgehead atoms. The fraction of sp³-hybridized carbons (Fsp3) is 0.240. The zero-order valence-electron chi connectivity index (χ0n) is 16.9. The molecule has 30 heavy (non-hydrogen) atoms. The fourth-order valence-corrected chi connectivity index (χ4v) is 3.96. The highest BCUT2D eigenvalue weighted by Gasteiger charge is 2.26. The number of carbonyl (C=O) groups is 1. The Morgan fingerprint density at radius 3 is 2.80 bits per heavy atom. The standard InChI is InChI=1S/C25H23N3O2/c1-30-25(29)22-13-21(19-5-6-19)15-27-23(22)12-17-4-7-24-20(11-17)8-10-28(24)16-18-3-2-9-26-14-18/h2-4,7-11,13-15,19H,5-6,12,16H2,1H3. The first-order chi connectivity index (χ1) is 14.7. The van der Waals surface area contributed by atoms with Gasteiger partial charge >= 0.3 is 5.97 Å². The van der Waals surface area contributed by atoms with Crippen molar-refractivity contribution in [1.29, 1.82) is 0 Å². The lowest BCUT2D eigenvalue weighted by molar-refractivity contribution is 0.0599. The Morgan fingerprint density at radius 2 is 2.03 bits per heavy atom. The van der Waals surface area contributed by atoms with Gasteiger partial charge in [0, 0.05) is 43.3 Å². The normalized spacial score (nSPS) is 13.5. The summed E-state index contributed by atoms with van der Waals surface area (Å²) in [5, 5.41) is 1.17. The molecule has 0 radical (unpaired) electrons. The monoisotopic (exact) mass is 397 g/mol. The molecule has 0 saturated heterocycles. The molecule has 4 aromatic rings. The molecule has 1 aliphatic rings. The lowest BCUT2D eigenvalue weighted by Crippen LogP contribution is -2.09. The molecule has 5 heteroatoms. The van der Waals surface area contributed by atoms with Gasteiger partial charge in [-0.2, -0.15) is 0 Å². The molecule has 150 valence electrons. The molecule has 0 N–H and O–H groups in total. The number of fused-ring (bicyclic) bond motifs is 1. The number of ether oxygens (including phenoxy) is 1. The van der Waals surface area contributed by atoms with Crippen LogP contribution in [0.4, 0.5) is 0 Å². The maximum absolute atomic E-state index is 12.3. The average Bonchev–Trinajstić information content (AvgIpc) is 3.56. The number of aromatic nitrogens is 3. The van der Waals surface area contributed by atoms with Crippen molar-refractivity contribution in [1.82, 2.24) is 14.5 Å². The van der Waals surface area contributed by atoms with Gasteiger partial charge in [0.15, 0.2) is 0 Å². The number of benzene rings is 1. The van der Waals surface area contributed by atoms with Gasteiger partial charge in [-0.1, -0.05) is 12.1 Å². The Morgan fingerprint density at radius 1 is 1.13 bits per heavy atom. The van der Waals surface area contributed by atoms with E-state index in [2.05, 4.69) is 51.1 Å². The van der Waals surface area contributed by atoms with Crippen molar-refractivity contribution in [3.05, 3.63) is 95.2 Å². The molecule has 1 fully saturated rings. The highest BCUT2D eigenvalue weighted by atomic mass is 16.5. The van der Waals surface area contributed by atoms with E-state index in [1.54, 1.807) is 6.20 Å². The fourth-order valence-electron chi connectivity index (χ4n) is 3.96. The molecule has 5 rings (SSSR count). The molecule has 0 unspecified atom stereocenters. The Bertz CT molecular complexity index is 1210. The Labute approximate surface area is 175 Å². The Kier molecular flexibility index (Phi) is 4.79. The third-order valence-electron chi connectivity index (χ3n) is 5.73. The van der Waals surface area contributed by atoms with Crippen molar-refractivity contribution in [2.75, 3.05) is 7.11 Å². The van der Waals surface area contributed by atoms with Crippen molar-refractivity contribution < 1.29 is 9.53 Å². The third-order valence-corrected chi connectivity index (χ3v) is 5.73. The van der Waals surface area contributed by atoms with Crippen LogP contribution in [0.2, 0.25) is 0 Å². The quantitative estimate of drug-likeness (QED) is 0.441. The van der Waals surface area contributed by atoms with Crippen LogP contribution in [0.3, 0.4) is 0 Å². The van der Waals surface area contributed by atoms with Gasteiger partial charge in [-0.3, -0.25) is 9.97 Å². The van der Waals surface area contributed by atoms with Crippen LogP contribution in [0, 0.1) is 0 Å². The van der Waals surface area contributed by atoms with Gasteiger partial charge in [0.25, 0.3) is 0 Å². The molecular formula is C25H23N3O2. The van der Waals surface area contributed by atoms with Crippen molar-refractivity contribution in [2.24, 2.45) is 0 Å². The molecule has 5 nitrogen and oxygen atoms in total. The zero-order valence-corrected chi connectivity index (χ0v) is 16.9. The van der Waals surface area contributed by atoms with E-state index in [1.807, 2.05) is 24.5 Å². The van der Waals surface area contributed by atoms with E-state index in [4.69, 9.17) is 4.74 Å². The maximum atomic E-state index is 12.3. The van der Waals surface area contributed by atoms with Crippen LogP contribution in [0.1, 0.15) is 51.5 Å². The predicted octanol–water partition coefficient (Wildman–Crippen LogP) is 4.73. The lowest BCUT2D eigenvalue weighted by atomic mass is 10.0. The second kappa shape index (κ2) is 7.75. The number of carbonyl (C=O) groups excluding carboxylic acids is 1. The molecule has 3 heterocycles. The molecule has 0 spiro atoms. The second-order valence-electron chi connectivity index (χ2n) is 7.90. The van der Waals surface area contributed by atoms with Crippen LogP contribution in [-0.2, 0) is 17.7 Å². The molecule has 1 aromatic carbocycles. The number of esters is 1. The molecule has 0 aliphatic heterocycles. The van der Waals surface area contributed by atoms with E-state index in [0.29, 0.717) is 17.9 Å². The van der Waals surface area contributed by atoms with E-state index in [9.17, 15) is 4.79 Å². The van der Waals surface area contributed by atoms with Gasteiger partial charge in [0.1, 0.15) is 0 Å². The zero-order chi connectivity index (χ0) is 20.5. The van der Waals surface area contributed by atoms with Gasteiger partial charge in [0.05, 0.1) is 18.4 Å². The van der Waals surface area contributed by atoms with E-state index in [0.717, 1.165) is 23.4 Å². The summed E-state index contributed by atoms with van der Waals surface area (Å²) in [6.45, 7) is 0.785. The number of nitrogens with zero attached hydrogens (tertiary/aromatic N) is 3. The number of methoxy groups -OCH3 is 1. The summed E-state index contributed by atoms with van der Waals surface area (Å²) in [7, 11) is 1.42. The minimum absolute atomic E-state index is 0.316. The van der Waals surface area contributed by atoms with Crippen LogP contribution in [0.25, 0.3) is 10.9 Å². The minimum Gasteiger partial charge on any atom is -0.465 e. The third kappa shape index (κ3) is 3.71. The minimum atomic E-state index is -0.316. The number of rotatable bonds is 6. The van der Waals surface area contributed by atoms with E-state index in [-0.39, 0.29) is 5.97 Å². The lowest BCUT2D eigenvalue weighted by Gasteiger charge is -2.10. The Hall–Kier alpha value is -3.47. The van der Waals surface area contributed by atoms with Crippen molar-refractivity contribution in [3.8, 4) is 0 Å². The summed E-state index contributed by atoms with van der Waals surface area (Å²) < 4.78 is 7.23. The predicted molar refractivity (Wildman–Crippen MR) is 116 cm³/mol. The topological polar surface area (TPSA) is 57.0 Å². The van der Waals surface area contributed by atoms with Gasteiger partial charge in [-0.25, -0.2) is 4.79 Å². The molecule has 1 aliphatic carbocycles. The SMILES string of the molecule is COC(=O)c1cc(C2CC2)cnc1Cc1ccc2c(ccn2Cc2cccnc2)c1.